The highest BCUT2D eigenvalue weighted by Gasteiger charge is 2.07. The van der Waals surface area contributed by atoms with Crippen LogP contribution >= 0.6 is 15.9 Å². The van der Waals surface area contributed by atoms with E-state index in [4.69, 9.17) is 0 Å². The summed E-state index contributed by atoms with van der Waals surface area (Å²) in [6, 6.07) is 10.7. The molecule has 4 heteroatoms. The van der Waals surface area contributed by atoms with Gasteiger partial charge < -0.3 is 10.2 Å². The molecule has 0 spiro atoms. The summed E-state index contributed by atoms with van der Waals surface area (Å²) in [5, 5.41) is 3.35. The summed E-state index contributed by atoms with van der Waals surface area (Å²) in [7, 11) is 2.13. The molecule has 2 rings (SSSR count). The Hall–Kier alpha value is -1.39. The zero-order valence-electron chi connectivity index (χ0n) is 12.6. The third-order valence-electron chi connectivity index (χ3n) is 3.49. The van der Waals surface area contributed by atoms with Gasteiger partial charge in [-0.3, -0.25) is 4.98 Å². The standard InChI is InChI=1S/C17H22BrN3/c1-3-19-13-15-4-5-17(16(18)12-15)21(2)11-8-14-6-9-20-10-7-14/h4-7,9-10,12,19H,3,8,11,13H2,1-2H3. The van der Waals surface area contributed by atoms with Gasteiger partial charge in [-0.1, -0.05) is 13.0 Å². The lowest BCUT2D eigenvalue weighted by Gasteiger charge is -2.21. The van der Waals surface area contributed by atoms with Crippen molar-refractivity contribution in [2.45, 2.75) is 19.9 Å². The maximum Gasteiger partial charge on any atom is 0.0508 e. The molecule has 3 nitrogen and oxygen atoms in total. The second-order valence-corrected chi connectivity index (χ2v) is 5.95. The molecule has 112 valence electrons. The van der Waals surface area contributed by atoms with Crippen LogP contribution in [-0.2, 0) is 13.0 Å². The molecule has 0 radical (unpaired) electrons. The number of aromatic nitrogens is 1. The first-order valence-electron chi connectivity index (χ1n) is 7.30. The van der Waals surface area contributed by atoms with Crippen LogP contribution in [0.2, 0.25) is 0 Å². The van der Waals surface area contributed by atoms with E-state index < -0.39 is 0 Å². The monoisotopic (exact) mass is 347 g/mol. The van der Waals surface area contributed by atoms with E-state index >= 15 is 0 Å². The van der Waals surface area contributed by atoms with E-state index in [0.29, 0.717) is 0 Å². The second-order valence-electron chi connectivity index (χ2n) is 5.09. The number of rotatable bonds is 7. The fourth-order valence-electron chi connectivity index (χ4n) is 2.21. The third kappa shape index (κ3) is 4.83. The Bertz CT molecular complexity index is 557. The molecule has 0 saturated heterocycles. The average Bonchev–Trinajstić information content (AvgIpc) is 2.51. The van der Waals surface area contributed by atoms with E-state index in [1.165, 1.54) is 16.8 Å². The molecule has 0 aliphatic carbocycles. The van der Waals surface area contributed by atoms with Gasteiger partial charge >= 0.3 is 0 Å². The molecule has 1 N–H and O–H groups in total. The number of hydrogen-bond acceptors (Lipinski definition) is 3. The number of anilines is 1. The van der Waals surface area contributed by atoms with Crippen LogP contribution in [0.15, 0.2) is 47.2 Å². The van der Waals surface area contributed by atoms with Crippen LogP contribution in [0.3, 0.4) is 0 Å². The molecule has 0 atom stereocenters. The summed E-state index contributed by atoms with van der Waals surface area (Å²) in [6.07, 6.45) is 4.71. The molecule has 0 aliphatic heterocycles. The van der Waals surface area contributed by atoms with E-state index in [-0.39, 0.29) is 0 Å². The second kappa shape index (κ2) is 8.15. The van der Waals surface area contributed by atoms with Gasteiger partial charge in [0.25, 0.3) is 0 Å². The van der Waals surface area contributed by atoms with E-state index in [1.54, 1.807) is 0 Å². The van der Waals surface area contributed by atoms with Crippen molar-refractivity contribution in [3.63, 3.8) is 0 Å². The SMILES string of the molecule is CCNCc1ccc(N(C)CCc2ccncc2)c(Br)c1. The highest BCUT2D eigenvalue weighted by Crippen LogP contribution is 2.26. The van der Waals surface area contributed by atoms with Gasteiger partial charge in [0.1, 0.15) is 0 Å². The van der Waals surface area contributed by atoms with Crippen LogP contribution in [0.25, 0.3) is 0 Å². The Morgan fingerprint density at radius 1 is 1.14 bits per heavy atom. The lowest BCUT2D eigenvalue weighted by molar-refractivity contribution is 0.726. The van der Waals surface area contributed by atoms with Gasteiger partial charge in [0, 0.05) is 37.0 Å². The summed E-state index contributed by atoms with van der Waals surface area (Å²) in [5.41, 5.74) is 3.84. The Balaban J connectivity index is 1.97. The van der Waals surface area contributed by atoms with Crippen LogP contribution in [0.4, 0.5) is 5.69 Å². The van der Waals surface area contributed by atoms with Crippen LogP contribution in [0.1, 0.15) is 18.1 Å². The van der Waals surface area contributed by atoms with Crippen molar-refractivity contribution in [3.8, 4) is 0 Å². The van der Waals surface area contributed by atoms with Gasteiger partial charge in [0.05, 0.1) is 5.69 Å². The highest BCUT2D eigenvalue weighted by atomic mass is 79.9. The third-order valence-corrected chi connectivity index (χ3v) is 4.12. The van der Waals surface area contributed by atoms with Crippen molar-refractivity contribution >= 4 is 21.6 Å². The van der Waals surface area contributed by atoms with Crippen molar-refractivity contribution in [1.82, 2.24) is 10.3 Å². The molecule has 1 heterocycles. The summed E-state index contributed by atoms with van der Waals surface area (Å²) in [6.45, 7) is 5.01. The minimum Gasteiger partial charge on any atom is -0.373 e. The van der Waals surface area contributed by atoms with Crippen LogP contribution in [0.5, 0.6) is 0 Å². The summed E-state index contributed by atoms with van der Waals surface area (Å²) >= 11 is 3.69. The molecular formula is C17H22BrN3. The largest absolute Gasteiger partial charge is 0.373 e. The van der Waals surface area contributed by atoms with Crippen molar-refractivity contribution in [1.29, 1.82) is 0 Å². The lowest BCUT2D eigenvalue weighted by Crippen LogP contribution is -2.21. The van der Waals surface area contributed by atoms with Gasteiger partial charge in [-0.15, -0.1) is 0 Å². The van der Waals surface area contributed by atoms with Gasteiger partial charge in [0.2, 0.25) is 0 Å². The topological polar surface area (TPSA) is 28.2 Å². The molecule has 0 aliphatic rings. The first-order chi connectivity index (χ1) is 10.2. The minimum atomic E-state index is 0.913. The number of benzene rings is 1. The molecule has 1 aromatic heterocycles. The predicted octanol–water partition coefficient (Wildman–Crippen LogP) is 3.63. The van der Waals surface area contributed by atoms with E-state index in [2.05, 4.69) is 75.4 Å². The maximum atomic E-state index is 4.05. The lowest BCUT2D eigenvalue weighted by atomic mass is 10.1. The van der Waals surface area contributed by atoms with Crippen LogP contribution < -0.4 is 10.2 Å². The summed E-state index contributed by atoms with van der Waals surface area (Å²) < 4.78 is 1.15. The number of hydrogen-bond donors (Lipinski definition) is 1. The number of likely N-dealkylation sites (N-methyl/N-ethyl adjacent to an activating group) is 1. The molecule has 0 unspecified atom stereocenters. The maximum absolute atomic E-state index is 4.05. The molecule has 0 amide bonds. The molecule has 0 bridgehead atoms. The number of nitrogens with one attached hydrogen (secondary N) is 1. The Morgan fingerprint density at radius 2 is 1.90 bits per heavy atom. The van der Waals surface area contributed by atoms with Crippen molar-refractivity contribution < 1.29 is 0 Å². The molecule has 1 aromatic carbocycles. The van der Waals surface area contributed by atoms with Crippen molar-refractivity contribution in [3.05, 3.63) is 58.3 Å². The minimum absolute atomic E-state index is 0.913. The Labute approximate surface area is 135 Å². The molecule has 2 aromatic rings. The van der Waals surface area contributed by atoms with E-state index in [9.17, 15) is 0 Å². The van der Waals surface area contributed by atoms with Gasteiger partial charge in [-0.2, -0.15) is 0 Å². The normalized spacial score (nSPS) is 10.6. The molecule has 21 heavy (non-hydrogen) atoms. The zero-order valence-corrected chi connectivity index (χ0v) is 14.2. The number of nitrogens with zero attached hydrogens (tertiary/aromatic N) is 2. The summed E-state index contributed by atoms with van der Waals surface area (Å²) in [4.78, 5) is 6.33. The molecule has 0 saturated carbocycles. The fourth-order valence-corrected chi connectivity index (χ4v) is 2.93. The predicted molar refractivity (Wildman–Crippen MR) is 92.7 cm³/mol. The highest BCUT2D eigenvalue weighted by molar-refractivity contribution is 9.10. The van der Waals surface area contributed by atoms with Crippen LogP contribution in [-0.4, -0.2) is 25.1 Å². The van der Waals surface area contributed by atoms with E-state index in [0.717, 1.165) is 30.5 Å². The van der Waals surface area contributed by atoms with Crippen molar-refractivity contribution in [2.75, 3.05) is 25.0 Å². The van der Waals surface area contributed by atoms with E-state index in [1.807, 2.05) is 12.4 Å². The Kier molecular flexibility index (Phi) is 6.21. The smallest absolute Gasteiger partial charge is 0.0508 e. The first kappa shape index (κ1) is 16.0. The van der Waals surface area contributed by atoms with Crippen molar-refractivity contribution in [2.24, 2.45) is 0 Å². The average molecular weight is 348 g/mol. The fraction of sp³-hybridized carbons (Fsp3) is 0.353. The summed E-state index contributed by atoms with van der Waals surface area (Å²) in [5.74, 6) is 0. The van der Waals surface area contributed by atoms with Gasteiger partial charge in [-0.25, -0.2) is 0 Å². The number of halogens is 1. The molecule has 0 fully saturated rings. The Morgan fingerprint density at radius 3 is 2.57 bits per heavy atom. The number of pyridine rings is 1. The first-order valence-corrected chi connectivity index (χ1v) is 8.09. The zero-order chi connectivity index (χ0) is 15.1. The quantitative estimate of drug-likeness (QED) is 0.828. The van der Waals surface area contributed by atoms with Gasteiger partial charge in [-0.05, 0) is 64.3 Å². The van der Waals surface area contributed by atoms with Gasteiger partial charge in [0.15, 0.2) is 0 Å². The van der Waals surface area contributed by atoms with Crippen LogP contribution in [0, 0.1) is 0 Å². The molecular weight excluding hydrogens is 326 g/mol.